The van der Waals surface area contributed by atoms with Gasteiger partial charge in [-0.15, -0.1) is 0 Å². The molecule has 3 heterocycles. The van der Waals surface area contributed by atoms with Gasteiger partial charge in [0.05, 0.1) is 11.8 Å². The van der Waals surface area contributed by atoms with Crippen molar-refractivity contribution in [2.75, 3.05) is 13.1 Å². The molecule has 0 saturated carbocycles. The van der Waals surface area contributed by atoms with Gasteiger partial charge in [-0.3, -0.25) is 4.79 Å². The smallest absolute Gasteiger partial charge is 0.255 e. The van der Waals surface area contributed by atoms with E-state index in [1.165, 1.54) is 0 Å². The van der Waals surface area contributed by atoms with Crippen LogP contribution in [0.5, 0.6) is 0 Å². The lowest BCUT2D eigenvalue weighted by molar-refractivity contribution is 0.0792. The van der Waals surface area contributed by atoms with Crippen LogP contribution in [-0.4, -0.2) is 38.7 Å². The SMILES string of the molecule is CC(C)n1ncc2cc(C(=O)N3CCCC3)cnc21. The number of likely N-dealkylation sites (tertiary alicyclic amines) is 1. The Balaban J connectivity index is 1.95. The van der Waals surface area contributed by atoms with E-state index in [-0.39, 0.29) is 11.9 Å². The zero-order chi connectivity index (χ0) is 13.4. The van der Waals surface area contributed by atoms with E-state index in [4.69, 9.17) is 0 Å². The van der Waals surface area contributed by atoms with Gasteiger partial charge in [0.2, 0.25) is 0 Å². The topological polar surface area (TPSA) is 51.0 Å². The lowest BCUT2D eigenvalue weighted by Gasteiger charge is -2.14. The van der Waals surface area contributed by atoms with Crippen molar-refractivity contribution in [2.45, 2.75) is 32.7 Å². The van der Waals surface area contributed by atoms with Gasteiger partial charge in [-0.05, 0) is 32.8 Å². The quantitative estimate of drug-likeness (QED) is 0.830. The first kappa shape index (κ1) is 12.1. The van der Waals surface area contributed by atoms with E-state index in [1.807, 2.05) is 15.6 Å². The lowest BCUT2D eigenvalue weighted by Crippen LogP contribution is -2.27. The molecule has 3 rings (SSSR count). The van der Waals surface area contributed by atoms with E-state index in [0.717, 1.165) is 37.0 Å². The molecule has 5 nitrogen and oxygen atoms in total. The normalized spacial score (nSPS) is 15.6. The third kappa shape index (κ3) is 2.09. The molecule has 1 amide bonds. The van der Waals surface area contributed by atoms with Gasteiger partial charge in [0.15, 0.2) is 5.65 Å². The fourth-order valence-electron chi connectivity index (χ4n) is 2.54. The van der Waals surface area contributed by atoms with Gasteiger partial charge < -0.3 is 4.90 Å². The molecule has 0 atom stereocenters. The first-order valence-electron chi connectivity index (χ1n) is 6.79. The Morgan fingerprint density at radius 2 is 2.00 bits per heavy atom. The summed E-state index contributed by atoms with van der Waals surface area (Å²) in [6.45, 7) is 5.86. The molecule has 0 bridgehead atoms. The maximum atomic E-state index is 12.3. The van der Waals surface area contributed by atoms with E-state index in [0.29, 0.717) is 5.56 Å². The predicted octanol–water partition coefficient (Wildman–Crippen LogP) is 2.25. The van der Waals surface area contributed by atoms with Crippen molar-refractivity contribution in [3.8, 4) is 0 Å². The second-order valence-electron chi connectivity index (χ2n) is 5.32. The fourth-order valence-corrected chi connectivity index (χ4v) is 2.54. The number of pyridine rings is 1. The van der Waals surface area contributed by atoms with Crippen molar-refractivity contribution in [3.63, 3.8) is 0 Å². The standard InChI is InChI=1S/C14H18N4O/c1-10(2)18-13-11(9-16-18)7-12(8-15-13)14(19)17-5-3-4-6-17/h7-10H,3-6H2,1-2H3. The van der Waals surface area contributed by atoms with Gasteiger partial charge in [0.1, 0.15) is 0 Å². The summed E-state index contributed by atoms with van der Waals surface area (Å²) in [6, 6.07) is 2.17. The van der Waals surface area contributed by atoms with E-state index >= 15 is 0 Å². The summed E-state index contributed by atoms with van der Waals surface area (Å²) in [5, 5.41) is 5.25. The number of amides is 1. The minimum absolute atomic E-state index is 0.0872. The summed E-state index contributed by atoms with van der Waals surface area (Å²) >= 11 is 0. The molecular weight excluding hydrogens is 240 g/mol. The third-order valence-electron chi connectivity index (χ3n) is 3.56. The molecule has 0 radical (unpaired) electrons. The number of nitrogens with zero attached hydrogens (tertiary/aromatic N) is 4. The summed E-state index contributed by atoms with van der Waals surface area (Å²) < 4.78 is 1.87. The van der Waals surface area contributed by atoms with Crippen LogP contribution >= 0.6 is 0 Å². The maximum absolute atomic E-state index is 12.3. The second-order valence-corrected chi connectivity index (χ2v) is 5.32. The summed E-state index contributed by atoms with van der Waals surface area (Å²) in [5.41, 5.74) is 1.51. The molecule has 1 fully saturated rings. The second kappa shape index (κ2) is 4.64. The van der Waals surface area contributed by atoms with Gasteiger partial charge in [-0.1, -0.05) is 0 Å². The highest BCUT2D eigenvalue weighted by Gasteiger charge is 2.20. The van der Waals surface area contributed by atoms with E-state index in [2.05, 4.69) is 23.9 Å². The van der Waals surface area contributed by atoms with Crippen LogP contribution in [-0.2, 0) is 0 Å². The van der Waals surface area contributed by atoms with E-state index < -0.39 is 0 Å². The molecule has 1 aliphatic heterocycles. The average Bonchev–Trinajstić information content (AvgIpc) is 3.06. The van der Waals surface area contributed by atoms with Gasteiger partial charge in [-0.25, -0.2) is 9.67 Å². The maximum Gasteiger partial charge on any atom is 0.255 e. The van der Waals surface area contributed by atoms with Crippen LogP contribution in [0.2, 0.25) is 0 Å². The zero-order valence-corrected chi connectivity index (χ0v) is 11.3. The fraction of sp³-hybridized carbons (Fsp3) is 0.500. The highest BCUT2D eigenvalue weighted by Crippen LogP contribution is 2.19. The van der Waals surface area contributed by atoms with Crippen molar-refractivity contribution >= 4 is 16.9 Å². The Kier molecular flexibility index (Phi) is 2.97. The van der Waals surface area contributed by atoms with Crippen LogP contribution in [0.3, 0.4) is 0 Å². The monoisotopic (exact) mass is 258 g/mol. The van der Waals surface area contributed by atoms with Gasteiger partial charge in [0, 0.05) is 30.7 Å². The number of aromatic nitrogens is 3. The molecule has 1 saturated heterocycles. The molecule has 0 N–H and O–H groups in total. The van der Waals surface area contributed by atoms with Gasteiger partial charge in [-0.2, -0.15) is 5.10 Å². The van der Waals surface area contributed by atoms with Crippen molar-refractivity contribution in [3.05, 3.63) is 24.0 Å². The molecule has 1 aliphatic rings. The molecular formula is C14H18N4O. The zero-order valence-electron chi connectivity index (χ0n) is 11.3. The van der Waals surface area contributed by atoms with Crippen LogP contribution < -0.4 is 0 Å². The first-order valence-corrected chi connectivity index (χ1v) is 6.79. The Morgan fingerprint density at radius 3 is 2.68 bits per heavy atom. The molecule has 0 aliphatic carbocycles. The molecule has 2 aromatic rings. The van der Waals surface area contributed by atoms with E-state index in [9.17, 15) is 4.79 Å². The van der Waals surface area contributed by atoms with E-state index in [1.54, 1.807) is 12.4 Å². The number of hydrogen-bond donors (Lipinski definition) is 0. The average molecular weight is 258 g/mol. The summed E-state index contributed by atoms with van der Waals surface area (Å²) in [6.07, 6.45) is 5.66. The van der Waals surface area contributed by atoms with Crippen LogP contribution in [0.4, 0.5) is 0 Å². The van der Waals surface area contributed by atoms with Gasteiger partial charge >= 0.3 is 0 Å². The molecule has 2 aromatic heterocycles. The lowest BCUT2D eigenvalue weighted by atomic mass is 10.2. The molecule has 19 heavy (non-hydrogen) atoms. The predicted molar refractivity (Wildman–Crippen MR) is 73.1 cm³/mol. The van der Waals surface area contributed by atoms with Crippen LogP contribution in [0.15, 0.2) is 18.5 Å². The molecule has 5 heteroatoms. The Morgan fingerprint density at radius 1 is 1.26 bits per heavy atom. The van der Waals surface area contributed by atoms with Crippen LogP contribution in [0, 0.1) is 0 Å². The molecule has 0 aromatic carbocycles. The number of carbonyl (C=O) groups is 1. The summed E-state index contributed by atoms with van der Waals surface area (Å²) in [7, 11) is 0. The highest BCUT2D eigenvalue weighted by molar-refractivity contribution is 5.96. The summed E-state index contributed by atoms with van der Waals surface area (Å²) in [4.78, 5) is 18.6. The number of fused-ring (bicyclic) bond motifs is 1. The minimum Gasteiger partial charge on any atom is -0.339 e. The van der Waals surface area contributed by atoms with Crippen LogP contribution in [0.1, 0.15) is 43.1 Å². The number of rotatable bonds is 2. The van der Waals surface area contributed by atoms with Gasteiger partial charge in [0.25, 0.3) is 5.91 Å². The van der Waals surface area contributed by atoms with Crippen LogP contribution in [0.25, 0.3) is 11.0 Å². The van der Waals surface area contributed by atoms with Crippen molar-refractivity contribution in [1.29, 1.82) is 0 Å². The number of hydrogen-bond acceptors (Lipinski definition) is 3. The first-order chi connectivity index (χ1) is 9.16. The summed E-state index contributed by atoms with van der Waals surface area (Å²) in [5.74, 6) is 0.0872. The highest BCUT2D eigenvalue weighted by atomic mass is 16.2. The van der Waals surface area contributed by atoms with Crippen molar-refractivity contribution < 1.29 is 4.79 Å². The van der Waals surface area contributed by atoms with Crippen molar-refractivity contribution in [1.82, 2.24) is 19.7 Å². The molecule has 0 unspecified atom stereocenters. The molecule has 0 spiro atoms. The minimum atomic E-state index is 0.0872. The number of carbonyl (C=O) groups excluding carboxylic acids is 1. The Labute approximate surface area is 112 Å². The Bertz CT molecular complexity index is 611. The Hall–Kier alpha value is -1.91. The van der Waals surface area contributed by atoms with Crippen molar-refractivity contribution in [2.24, 2.45) is 0 Å². The largest absolute Gasteiger partial charge is 0.339 e. The molecule has 100 valence electrons. The third-order valence-corrected chi connectivity index (χ3v) is 3.56.